The van der Waals surface area contributed by atoms with Gasteiger partial charge in [-0.3, -0.25) is 10.1 Å². The molecule has 2 heterocycles. The summed E-state index contributed by atoms with van der Waals surface area (Å²) in [7, 11) is 0. The van der Waals surface area contributed by atoms with Crippen molar-refractivity contribution in [2.45, 2.75) is 20.4 Å². The van der Waals surface area contributed by atoms with Gasteiger partial charge in [0.1, 0.15) is 5.69 Å². The summed E-state index contributed by atoms with van der Waals surface area (Å²) in [4.78, 5) is 23.2. The Balaban J connectivity index is 2.29. The highest BCUT2D eigenvalue weighted by Gasteiger charge is 2.21. The number of thiazole rings is 1. The van der Waals surface area contributed by atoms with E-state index in [9.17, 15) is 10.1 Å². The van der Waals surface area contributed by atoms with E-state index in [4.69, 9.17) is 11.6 Å². The first-order valence-electron chi connectivity index (χ1n) is 5.30. The van der Waals surface area contributed by atoms with Crippen LogP contribution in [-0.2, 0) is 6.54 Å². The molecule has 0 fully saturated rings. The van der Waals surface area contributed by atoms with Crippen LogP contribution in [0.2, 0.25) is 5.28 Å². The minimum absolute atomic E-state index is 0.0216. The number of hydrogen-bond acceptors (Lipinski definition) is 7. The molecule has 0 spiro atoms. The van der Waals surface area contributed by atoms with Crippen LogP contribution in [0.4, 0.5) is 11.5 Å². The lowest BCUT2D eigenvalue weighted by atomic mass is 10.3. The zero-order chi connectivity index (χ0) is 14.0. The Morgan fingerprint density at radius 2 is 2.16 bits per heavy atom. The van der Waals surface area contributed by atoms with Crippen LogP contribution in [0.1, 0.15) is 16.3 Å². The predicted octanol–water partition coefficient (Wildman–Crippen LogP) is 2.72. The molecule has 0 unspecified atom stereocenters. The van der Waals surface area contributed by atoms with E-state index in [0.29, 0.717) is 6.54 Å². The molecule has 0 radical (unpaired) electrons. The van der Waals surface area contributed by atoms with Crippen LogP contribution in [-0.4, -0.2) is 19.9 Å². The largest absolute Gasteiger partial charge is 0.359 e. The zero-order valence-corrected chi connectivity index (χ0v) is 11.7. The van der Waals surface area contributed by atoms with Crippen molar-refractivity contribution in [1.82, 2.24) is 15.0 Å². The molecule has 2 aromatic heterocycles. The van der Waals surface area contributed by atoms with E-state index in [1.807, 2.05) is 6.92 Å². The van der Waals surface area contributed by atoms with Gasteiger partial charge >= 0.3 is 5.69 Å². The molecule has 2 rings (SSSR count). The normalized spacial score (nSPS) is 10.5. The molecule has 0 aliphatic rings. The molecular weight excluding hydrogens is 290 g/mol. The summed E-state index contributed by atoms with van der Waals surface area (Å²) < 4.78 is 0. The van der Waals surface area contributed by atoms with Gasteiger partial charge in [-0.1, -0.05) is 0 Å². The second-order valence-electron chi connectivity index (χ2n) is 3.75. The minimum atomic E-state index is -0.520. The van der Waals surface area contributed by atoms with Gasteiger partial charge in [0.15, 0.2) is 0 Å². The molecule has 0 saturated heterocycles. The van der Waals surface area contributed by atoms with Crippen molar-refractivity contribution in [1.29, 1.82) is 0 Å². The fraction of sp³-hybridized carbons (Fsp3) is 0.300. The van der Waals surface area contributed by atoms with Crippen LogP contribution in [0, 0.1) is 24.0 Å². The quantitative estimate of drug-likeness (QED) is 0.530. The lowest BCUT2D eigenvalue weighted by Crippen LogP contribution is -2.07. The van der Waals surface area contributed by atoms with E-state index in [2.05, 4.69) is 20.3 Å². The van der Waals surface area contributed by atoms with E-state index in [1.165, 1.54) is 18.3 Å². The fourth-order valence-corrected chi connectivity index (χ4v) is 2.46. The van der Waals surface area contributed by atoms with Gasteiger partial charge in [-0.25, -0.2) is 9.97 Å². The minimum Gasteiger partial charge on any atom is -0.359 e. The monoisotopic (exact) mass is 299 g/mol. The van der Waals surface area contributed by atoms with Gasteiger partial charge in [0.05, 0.1) is 22.7 Å². The highest BCUT2D eigenvalue weighted by Crippen LogP contribution is 2.27. The number of nitrogens with one attached hydrogen (secondary N) is 1. The topological polar surface area (TPSA) is 93.8 Å². The second-order valence-corrected chi connectivity index (χ2v) is 5.02. The molecule has 1 N–H and O–H groups in total. The molecule has 0 aromatic carbocycles. The third-order valence-corrected chi connectivity index (χ3v) is 3.58. The third kappa shape index (κ3) is 2.96. The van der Waals surface area contributed by atoms with Gasteiger partial charge in [-0.05, 0) is 25.4 Å². The number of nitro groups is 1. The Labute approximate surface area is 117 Å². The van der Waals surface area contributed by atoms with Crippen molar-refractivity contribution in [3.63, 3.8) is 0 Å². The number of halogens is 1. The van der Waals surface area contributed by atoms with E-state index in [-0.39, 0.29) is 22.5 Å². The Morgan fingerprint density at radius 3 is 2.74 bits per heavy atom. The van der Waals surface area contributed by atoms with Crippen molar-refractivity contribution in [2.24, 2.45) is 0 Å². The maximum atomic E-state index is 11.0. The molecule has 7 nitrogen and oxygen atoms in total. The van der Waals surface area contributed by atoms with Crippen LogP contribution in [0.3, 0.4) is 0 Å². The van der Waals surface area contributed by atoms with Gasteiger partial charge in [0, 0.05) is 4.88 Å². The van der Waals surface area contributed by atoms with Crippen molar-refractivity contribution in [3.05, 3.63) is 37.2 Å². The first-order valence-corrected chi connectivity index (χ1v) is 6.56. The Kier molecular flexibility index (Phi) is 3.91. The van der Waals surface area contributed by atoms with Crippen molar-refractivity contribution < 1.29 is 4.92 Å². The number of aromatic nitrogens is 3. The SMILES string of the molecule is Cc1ncsc1CNc1nc(Cl)nc(C)c1[N+](=O)[O-]. The van der Waals surface area contributed by atoms with Crippen LogP contribution in [0.25, 0.3) is 0 Å². The average molecular weight is 300 g/mol. The number of aryl methyl sites for hydroxylation is 2. The van der Waals surface area contributed by atoms with Crippen LogP contribution < -0.4 is 5.32 Å². The van der Waals surface area contributed by atoms with Gasteiger partial charge < -0.3 is 5.32 Å². The lowest BCUT2D eigenvalue weighted by molar-refractivity contribution is -0.385. The molecule has 0 bridgehead atoms. The summed E-state index contributed by atoms with van der Waals surface area (Å²) >= 11 is 7.20. The lowest BCUT2D eigenvalue weighted by Gasteiger charge is -2.07. The summed E-state index contributed by atoms with van der Waals surface area (Å²) in [6, 6.07) is 0. The van der Waals surface area contributed by atoms with E-state index < -0.39 is 4.92 Å². The molecule has 0 aliphatic carbocycles. The molecule has 19 heavy (non-hydrogen) atoms. The summed E-state index contributed by atoms with van der Waals surface area (Å²) in [5, 5.41) is 13.9. The molecule has 9 heteroatoms. The maximum absolute atomic E-state index is 11.0. The number of nitrogens with zero attached hydrogens (tertiary/aromatic N) is 4. The van der Waals surface area contributed by atoms with Crippen molar-refractivity contribution >= 4 is 34.4 Å². The van der Waals surface area contributed by atoms with Crippen LogP contribution >= 0.6 is 22.9 Å². The molecule has 0 atom stereocenters. The van der Waals surface area contributed by atoms with Gasteiger partial charge in [-0.15, -0.1) is 11.3 Å². The van der Waals surface area contributed by atoms with Crippen LogP contribution in [0.15, 0.2) is 5.51 Å². The van der Waals surface area contributed by atoms with Gasteiger partial charge in [0.25, 0.3) is 0 Å². The summed E-state index contributed by atoms with van der Waals surface area (Å²) in [6.45, 7) is 3.80. The van der Waals surface area contributed by atoms with Gasteiger partial charge in [0.2, 0.25) is 11.1 Å². The maximum Gasteiger partial charge on any atom is 0.332 e. The fourth-order valence-electron chi connectivity index (χ4n) is 1.53. The second kappa shape index (κ2) is 5.45. The molecule has 0 amide bonds. The molecule has 2 aromatic rings. The third-order valence-electron chi connectivity index (χ3n) is 2.47. The van der Waals surface area contributed by atoms with Crippen molar-refractivity contribution in [2.75, 3.05) is 5.32 Å². The zero-order valence-electron chi connectivity index (χ0n) is 10.2. The van der Waals surface area contributed by atoms with E-state index in [1.54, 1.807) is 5.51 Å². The summed E-state index contributed by atoms with van der Waals surface area (Å²) in [5.74, 6) is 0.121. The standard InChI is InChI=1S/C10H10ClN5O2S/c1-5-7(19-4-13-5)3-12-9-8(16(17)18)6(2)14-10(11)15-9/h4H,3H2,1-2H3,(H,12,14,15). The van der Waals surface area contributed by atoms with E-state index >= 15 is 0 Å². The number of hydrogen-bond donors (Lipinski definition) is 1. The van der Waals surface area contributed by atoms with E-state index in [0.717, 1.165) is 10.6 Å². The number of rotatable bonds is 4. The summed E-state index contributed by atoms with van der Waals surface area (Å²) in [5.41, 5.74) is 2.68. The van der Waals surface area contributed by atoms with Gasteiger partial charge in [-0.2, -0.15) is 4.98 Å². The Hall–Kier alpha value is -1.80. The van der Waals surface area contributed by atoms with Crippen molar-refractivity contribution in [3.8, 4) is 0 Å². The molecule has 0 saturated carbocycles. The Bertz CT molecular complexity index is 630. The smallest absolute Gasteiger partial charge is 0.332 e. The predicted molar refractivity (Wildman–Crippen MR) is 72.6 cm³/mol. The van der Waals surface area contributed by atoms with Crippen LogP contribution in [0.5, 0.6) is 0 Å². The number of anilines is 1. The highest BCUT2D eigenvalue weighted by molar-refractivity contribution is 7.09. The Morgan fingerprint density at radius 1 is 1.42 bits per heavy atom. The average Bonchev–Trinajstić information content (AvgIpc) is 2.70. The summed E-state index contributed by atoms with van der Waals surface area (Å²) in [6.07, 6.45) is 0. The first kappa shape index (κ1) is 13.6. The highest BCUT2D eigenvalue weighted by atomic mass is 35.5. The molecule has 0 aliphatic heterocycles. The molecular formula is C10H10ClN5O2S. The molecule has 100 valence electrons. The first-order chi connectivity index (χ1) is 8.99.